The summed E-state index contributed by atoms with van der Waals surface area (Å²) in [6.07, 6.45) is 1.69. The van der Waals surface area contributed by atoms with Crippen LogP contribution in [0.5, 0.6) is 5.75 Å². The predicted octanol–water partition coefficient (Wildman–Crippen LogP) is 3.55. The third-order valence-electron chi connectivity index (χ3n) is 2.07. The molecule has 0 aliphatic rings. The second kappa shape index (κ2) is 5.35. The van der Waals surface area contributed by atoms with Crippen LogP contribution in [0.25, 0.3) is 0 Å². The molecule has 1 unspecified atom stereocenters. The van der Waals surface area contributed by atoms with E-state index in [4.69, 9.17) is 4.74 Å². The first kappa shape index (κ1) is 11.5. The van der Waals surface area contributed by atoms with Gasteiger partial charge in [-0.05, 0) is 24.5 Å². The lowest BCUT2D eigenvalue weighted by atomic mass is 10.1. The second-order valence-corrected chi connectivity index (χ2v) is 4.84. The molecule has 0 saturated carbocycles. The largest absolute Gasteiger partial charge is 0.497 e. The highest BCUT2D eigenvalue weighted by atomic mass is 79.9. The molecule has 1 aromatic rings. The van der Waals surface area contributed by atoms with Crippen LogP contribution in [0.1, 0.15) is 18.9 Å². The maximum atomic E-state index is 13.4. The third-order valence-corrected chi connectivity index (χ3v) is 2.53. The molecule has 0 saturated heterocycles. The quantitative estimate of drug-likeness (QED) is 0.753. The van der Waals surface area contributed by atoms with E-state index in [1.807, 2.05) is 0 Å². The highest BCUT2D eigenvalue weighted by Crippen LogP contribution is 2.18. The molecule has 0 aliphatic heterocycles. The van der Waals surface area contributed by atoms with Crippen LogP contribution in [-0.2, 0) is 6.42 Å². The minimum atomic E-state index is -0.183. The molecular weight excluding hydrogens is 247 g/mol. The SMILES string of the molecule is COc1ccc(CCC(C)Br)c(F)c1. The smallest absolute Gasteiger partial charge is 0.130 e. The first-order valence-electron chi connectivity index (χ1n) is 4.60. The Bertz CT molecular complexity index is 299. The Morgan fingerprint density at radius 3 is 2.71 bits per heavy atom. The van der Waals surface area contributed by atoms with Crippen LogP contribution < -0.4 is 4.74 Å². The molecule has 14 heavy (non-hydrogen) atoms. The fourth-order valence-corrected chi connectivity index (χ4v) is 1.44. The summed E-state index contributed by atoms with van der Waals surface area (Å²) >= 11 is 3.44. The van der Waals surface area contributed by atoms with Crippen LogP contribution in [-0.4, -0.2) is 11.9 Å². The first-order chi connectivity index (χ1) is 6.63. The zero-order valence-electron chi connectivity index (χ0n) is 8.39. The Labute approximate surface area is 92.4 Å². The first-order valence-corrected chi connectivity index (χ1v) is 5.51. The number of alkyl halides is 1. The maximum absolute atomic E-state index is 13.4. The average molecular weight is 261 g/mol. The van der Waals surface area contributed by atoms with Crippen molar-refractivity contribution in [3.05, 3.63) is 29.6 Å². The Morgan fingerprint density at radius 2 is 2.21 bits per heavy atom. The minimum Gasteiger partial charge on any atom is -0.497 e. The van der Waals surface area contributed by atoms with Crippen molar-refractivity contribution < 1.29 is 9.13 Å². The third kappa shape index (κ3) is 3.29. The highest BCUT2D eigenvalue weighted by Gasteiger charge is 2.05. The molecule has 0 N–H and O–H groups in total. The van der Waals surface area contributed by atoms with E-state index in [0.717, 1.165) is 18.4 Å². The van der Waals surface area contributed by atoms with E-state index in [1.165, 1.54) is 13.2 Å². The minimum absolute atomic E-state index is 0.183. The monoisotopic (exact) mass is 260 g/mol. The molecule has 1 atom stereocenters. The lowest BCUT2D eigenvalue weighted by molar-refractivity contribution is 0.410. The van der Waals surface area contributed by atoms with Gasteiger partial charge in [0.2, 0.25) is 0 Å². The molecule has 0 amide bonds. The molecule has 0 heterocycles. The summed E-state index contributed by atoms with van der Waals surface area (Å²) in [5.41, 5.74) is 0.747. The van der Waals surface area contributed by atoms with Crippen molar-refractivity contribution in [3.63, 3.8) is 0 Å². The van der Waals surface area contributed by atoms with Gasteiger partial charge >= 0.3 is 0 Å². The van der Waals surface area contributed by atoms with Gasteiger partial charge in [-0.25, -0.2) is 4.39 Å². The molecule has 3 heteroatoms. The normalized spacial score (nSPS) is 12.6. The number of benzene rings is 1. The fourth-order valence-electron chi connectivity index (χ4n) is 1.21. The lowest BCUT2D eigenvalue weighted by Gasteiger charge is -2.06. The van der Waals surface area contributed by atoms with E-state index < -0.39 is 0 Å². The number of halogens is 2. The molecule has 1 nitrogen and oxygen atoms in total. The number of ether oxygens (including phenoxy) is 1. The Morgan fingerprint density at radius 1 is 1.50 bits per heavy atom. The van der Waals surface area contributed by atoms with Crippen molar-refractivity contribution in [2.45, 2.75) is 24.6 Å². The van der Waals surface area contributed by atoms with Gasteiger partial charge in [0, 0.05) is 10.9 Å². The van der Waals surface area contributed by atoms with Gasteiger partial charge in [-0.3, -0.25) is 0 Å². The Kier molecular flexibility index (Phi) is 4.39. The van der Waals surface area contributed by atoms with Gasteiger partial charge in [0.05, 0.1) is 7.11 Å². The zero-order chi connectivity index (χ0) is 10.6. The standard InChI is InChI=1S/C11H14BrFO/c1-8(12)3-4-9-5-6-10(14-2)7-11(9)13/h5-8H,3-4H2,1-2H3. The van der Waals surface area contributed by atoms with E-state index in [0.29, 0.717) is 10.6 Å². The maximum Gasteiger partial charge on any atom is 0.130 e. The van der Waals surface area contributed by atoms with Crippen LogP contribution in [0, 0.1) is 5.82 Å². The van der Waals surface area contributed by atoms with Gasteiger partial charge in [-0.1, -0.05) is 28.9 Å². The molecule has 0 fully saturated rings. The summed E-state index contributed by atoms with van der Waals surface area (Å²) in [6.45, 7) is 2.06. The van der Waals surface area contributed by atoms with Crippen molar-refractivity contribution in [1.29, 1.82) is 0 Å². The van der Waals surface area contributed by atoms with Crippen molar-refractivity contribution in [3.8, 4) is 5.75 Å². The van der Waals surface area contributed by atoms with E-state index in [1.54, 1.807) is 12.1 Å². The summed E-state index contributed by atoms with van der Waals surface area (Å²) in [6, 6.07) is 5.00. The lowest BCUT2D eigenvalue weighted by Crippen LogP contribution is -1.97. The molecule has 0 aromatic heterocycles. The number of rotatable bonds is 4. The second-order valence-electron chi connectivity index (χ2n) is 3.28. The van der Waals surface area contributed by atoms with Crippen molar-refractivity contribution in [2.75, 3.05) is 7.11 Å². The molecular formula is C11H14BrFO. The van der Waals surface area contributed by atoms with Crippen LogP contribution in [0.4, 0.5) is 4.39 Å². The Balaban J connectivity index is 2.69. The van der Waals surface area contributed by atoms with Crippen molar-refractivity contribution >= 4 is 15.9 Å². The van der Waals surface area contributed by atoms with Crippen LogP contribution in [0.2, 0.25) is 0 Å². The van der Waals surface area contributed by atoms with E-state index in [9.17, 15) is 4.39 Å². The van der Waals surface area contributed by atoms with Gasteiger partial charge < -0.3 is 4.74 Å². The predicted molar refractivity (Wildman–Crippen MR) is 59.7 cm³/mol. The average Bonchev–Trinajstić information content (AvgIpc) is 2.15. The number of hydrogen-bond acceptors (Lipinski definition) is 1. The van der Waals surface area contributed by atoms with Crippen LogP contribution in [0.3, 0.4) is 0 Å². The summed E-state index contributed by atoms with van der Waals surface area (Å²) in [5.74, 6) is 0.385. The van der Waals surface area contributed by atoms with E-state index in [2.05, 4.69) is 22.9 Å². The van der Waals surface area contributed by atoms with E-state index >= 15 is 0 Å². The number of aryl methyl sites for hydroxylation is 1. The summed E-state index contributed by atoms with van der Waals surface area (Å²) in [5, 5.41) is 0. The highest BCUT2D eigenvalue weighted by molar-refractivity contribution is 9.09. The summed E-state index contributed by atoms with van der Waals surface area (Å²) in [4.78, 5) is 0.420. The number of methoxy groups -OCH3 is 1. The molecule has 1 aromatic carbocycles. The summed E-state index contributed by atoms with van der Waals surface area (Å²) < 4.78 is 18.3. The van der Waals surface area contributed by atoms with Gasteiger partial charge in [-0.15, -0.1) is 0 Å². The van der Waals surface area contributed by atoms with Crippen molar-refractivity contribution in [1.82, 2.24) is 0 Å². The van der Waals surface area contributed by atoms with Crippen molar-refractivity contribution in [2.24, 2.45) is 0 Å². The Hall–Kier alpha value is -0.570. The molecule has 78 valence electrons. The number of hydrogen-bond donors (Lipinski definition) is 0. The molecule has 0 radical (unpaired) electrons. The molecule has 0 bridgehead atoms. The fraction of sp³-hybridized carbons (Fsp3) is 0.455. The van der Waals surface area contributed by atoms with Gasteiger partial charge in [-0.2, -0.15) is 0 Å². The zero-order valence-corrected chi connectivity index (χ0v) is 9.97. The van der Waals surface area contributed by atoms with Crippen LogP contribution in [0.15, 0.2) is 18.2 Å². The molecule has 0 spiro atoms. The molecule has 1 rings (SSSR count). The van der Waals surface area contributed by atoms with E-state index in [-0.39, 0.29) is 5.82 Å². The molecule has 0 aliphatic carbocycles. The topological polar surface area (TPSA) is 9.23 Å². The van der Waals surface area contributed by atoms with Gasteiger partial charge in [0.15, 0.2) is 0 Å². The van der Waals surface area contributed by atoms with Gasteiger partial charge in [0.1, 0.15) is 11.6 Å². The summed E-state index contributed by atoms with van der Waals surface area (Å²) in [7, 11) is 1.54. The van der Waals surface area contributed by atoms with Gasteiger partial charge in [0.25, 0.3) is 0 Å². The van der Waals surface area contributed by atoms with Crippen LogP contribution >= 0.6 is 15.9 Å².